The van der Waals surface area contributed by atoms with Crippen LogP contribution in [0.25, 0.3) is 0 Å². The number of carbonyl (C=O) groups is 1. The monoisotopic (exact) mass is 641 g/mol. The van der Waals surface area contributed by atoms with E-state index in [1.807, 2.05) is 43.3 Å². The first-order chi connectivity index (χ1) is 18.8. The fourth-order valence-electron chi connectivity index (χ4n) is 3.79. The summed E-state index contributed by atoms with van der Waals surface area (Å²) in [5.74, 6) is -0.151. The molecule has 2 heterocycles. The van der Waals surface area contributed by atoms with Gasteiger partial charge in [0.15, 0.2) is 0 Å². The molecule has 0 unspecified atom stereocenters. The highest BCUT2D eigenvalue weighted by atomic mass is 127. The molecule has 0 saturated carbocycles. The Morgan fingerprint density at radius 3 is 2.44 bits per heavy atom. The van der Waals surface area contributed by atoms with Gasteiger partial charge in [0.1, 0.15) is 5.75 Å². The number of ether oxygens (including phenoxy) is 2. The van der Waals surface area contributed by atoms with Crippen molar-refractivity contribution in [1.29, 1.82) is 0 Å². The number of alkyl halides is 1. The lowest BCUT2D eigenvalue weighted by atomic mass is 10.1. The Balaban J connectivity index is 1.72. The molecule has 0 aliphatic rings. The van der Waals surface area contributed by atoms with Crippen LogP contribution in [0.15, 0.2) is 81.3 Å². The van der Waals surface area contributed by atoms with E-state index >= 15 is 0 Å². The van der Waals surface area contributed by atoms with Crippen molar-refractivity contribution in [2.24, 2.45) is 10.9 Å². The third-order valence-electron chi connectivity index (χ3n) is 5.91. The zero-order chi connectivity index (χ0) is 27.9. The van der Waals surface area contributed by atoms with E-state index in [4.69, 9.17) is 9.47 Å². The van der Waals surface area contributed by atoms with E-state index in [1.165, 1.54) is 11.7 Å². The fraction of sp³-hybridized carbons (Fsp3) is 0.250. The molecular weight excluding hydrogens is 613 g/mol. The Morgan fingerprint density at radius 1 is 1.05 bits per heavy atom. The molecule has 0 spiro atoms. The maximum Gasteiger partial charge on any atom is 0.335 e. The predicted molar refractivity (Wildman–Crippen MR) is 154 cm³/mol. The summed E-state index contributed by atoms with van der Waals surface area (Å²) in [4.78, 5) is 50.0. The maximum absolute atomic E-state index is 13.5. The smallest absolute Gasteiger partial charge is 0.335 e. The SMILES string of the molecule is COC(=O)[C@@H](C)Cn1c(=O)[nH]/c(=N\c2ccc(Oc3cccc(CI)n3)cc2)n(Cc2ccc(C)cc2)c1=O. The van der Waals surface area contributed by atoms with Gasteiger partial charge in [-0.1, -0.05) is 65.4 Å². The molecule has 0 amide bonds. The van der Waals surface area contributed by atoms with Crippen molar-refractivity contribution in [3.8, 4) is 11.6 Å². The van der Waals surface area contributed by atoms with E-state index < -0.39 is 23.3 Å². The van der Waals surface area contributed by atoms with Crippen LogP contribution in [0.1, 0.15) is 23.7 Å². The molecule has 1 atom stereocenters. The van der Waals surface area contributed by atoms with Gasteiger partial charge in [0.2, 0.25) is 11.5 Å². The number of pyridine rings is 1. The molecular formula is C28H28IN5O5. The van der Waals surface area contributed by atoms with Gasteiger partial charge in [-0.15, -0.1) is 0 Å². The van der Waals surface area contributed by atoms with Crippen LogP contribution in [-0.4, -0.2) is 32.2 Å². The van der Waals surface area contributed by atoms with Crippen molar-refractivity contribution in [2.45, 2.75) is 31.4 Å². The van der Waals surface area contributed by atoms with Crippen LogP contribution in [0, 0.1) is 12.8 Å². The molecule has 4 rings (SSSR count). The first-order valence-corrected chi connectivity index (χ1v) is 13.7. The van der Waals surface area contributed by atoms with E-state index in [2.05, 4.69) is 37.6 Å². The number of H-pyrrole nitrogens is 1. The van der Waals surface area contributed by atoms with Crippen molar-refractivity contribution in [3.63, 3.8) is 0 Å². The van der Waals surface area contributed by atoms with Gasteiger partial charge in [0.25, 0.3) is 0 Å². The van der Waals surface area contributed by atoms with E-state index in [0.29, 0.717) is 17.3 Å². The number of esters is 1. The lowest BCUT2D eigenvalue weighted by molar-refractivity contribution is -0.145. The van der Waals surface area contributed by atoms with Gasteiger partial charge >= 0.3 is 17.3 Å². The number of rotatable bonds is 9. The van der Waals surface area contributed by atoms with Crippen LogP contribution >= 0.6 is 22.6 Å². The van der Waals surface area contributed by atoms with Gasteiger partial charge in [-0.2, -0.15) is 0 Å². The molecule has 2 aromatic heterocycles. The summed E-state index contributed by atoms with van der Waals surface area (Å²) in [6.45, 7) is 3.61. The molecule has 10 nitrogen and oxygen atoms in total. The highest BCUT2D eigenvalue weighted by Gasteiger charge is 2.18. The molecule has 0 aliphatic carbocycles. The van der Waals surface area contributed by atoms with E-state index in [1.54, 1.807) is 37.3 Å². The van der Waals surface area contributed by atoms with Crippen molar-refractivity contribution < 1.29 is 14.3 Å². The number of methoxy groups -OCH3 is 1. The Labute approximate surface area is 238 Å². The fourth-order valence-corrected chi connectivity index (χ4v) is 4.22. The molecule has 0 fully saturated rings. The largest absolute Gasteiger partial charge is 0.469 e. The van der Waals surface area contributed by atoms with E-state index in [-0.39, 0.29) is 18.7 Å². The molecule has 0 saturated heterocycles. The number of benzene rings is 2. The minimum Gasteiger partial charge on any atom is -0.469 e. The molecule has 4 aromatic rings. The molecule has 0 bridgehead atoms. The zero-order valence-corrected chi connectivity index (χ0v) is 23.9. The van der Waals surface area contributed by atoms with Gasteiger partial charge in [-0.3, -0.25) is 14.3 Å². The number of hydrogen-bond acceptors (Lipinski definition) is 7. The zero-order valence-electron chi connectivity index (χ0n) is 21.8. The summed E-state index contributed by atoms with van der Waals surface area (Å²) >= 11 is 2.24. The summed E-state index contributed by atoms with van der Waals surface area (Å²) < 4.78 is 13.7. The number of hydrogen-bond donors (Lipinski definition) is 1. The summed E-state index contributed by atoms with van der Waals surface area (Å²) in [5, 5.41) is 0. The van der Waals surface area contributed by atoms with Crippen molar-refractivity contribution in [3.05, 3.63) is 110 Å². The van der Waals surface area contributed by atoms with Crippen LogP contribution in [0.5, 0.6) is 11.6 Å². The van der Waals surface area contributed by atoms with Gasteiger partial charge in [0.05, 0.1) is 31.0 Å². The highest BCUT2D eigenvalue weighted by molar-refractivity contribution is 14.1. The average molecular weight is 641 g/mol. The van der Waals surface area contributed by atoms with E-state index in [9.17, 15) is 14.4 Å². The van der Waals surface area contributed by atoms with Gasteiger partial charge in [-0.05, 0) is 42.8 Å². The number of aromatic nitrogens is 4. The van der Waals surface area contributed by atoms with E-state index in [0.717, 1.165) is 25.8 Å². The Morgan fingerprint density at radius 2 is 1.77 bits per heavy atom. The van der Waals surface area contributed by atoms with Crippen molar-refractivity contribution in [2.75, 3.05) is 7.11 Å². The highest BCUT2D eigenvalue weighted by Crippen LogP contribution is 2.23. The lowest BCUT2D eigenvalue weighted by Crippen LogP contribution is -2.51. The number of nitrogens with one attached hydrogen (secondary N) is 1. The van der Waals surface area contributed by atoms with Crippen LogP contribution in [0.2, 0.25) is 0 Å². The first-order valence-electron chi connectivity index (χ1n) is 12.2. The summed E-state index contributed by atoms with van der Waals surface area (Å²) in [6, 6.07) is 20.2. The van der Waals surface area contributed by atoms with Crippen LogP contribution in [-0.2, 0) is 27.0 Å². The second kappa shape index (κ2) is 12.7. The number of aryl methyl sites for hydroxylation is 1. The Bertz CT molecular complexity index is 1640. The standard InChI is InChI=1S/C28H28IN5O5/c1-18-7-9-20(10-8-18)17-33-26(32-27(36)34(28(33)37)16-19(2)25(35)38-3)31-21-11-13-23(14-12-21)39-24-6-4-5-22(15-29)30-24/h4-14,19H,15-17H2,1-3H3,(H,31,32,36)/t19-/m0/s1. The molecule has 0 radical (unpaired) electrons. The summed E-state index contributed by atoms with van der Waals surface area (Å²) in [6.07, 6.45) is 0. The Hall–Kier alpha value is -4.00. The van der Waals surface area contributed by atoms with Gasteiger partial charge in [-0.25, -0.2) is 24.1 Å². The van der Waals surface area contributed by atoms with Crippen LogP contribution < -0.4 is 21.7 Å². The van der Waals surface area contributed by atoms with Gasteiger partial charge in [0, 0.05) is 17.0 Å². The van der Waals surface area contributed by atoms with Gasteiger partial charge < -0.3 is 9.47 Å². The second-order valence-corrected chi connectivity index (χ2v) is 9.71. The quantitative estimate of drug-likeness (QED) is 0.169. The number of aromatic amines is 1. The molecule has 2 aromatic carbocycles. The van der Waals surface area contributed by atoms with Crippen LogP contribution in [0.4, 0.5) is 5.69 Å². The minimum absolute atomic E-state index is 0.0811. The molecule has 0 aliphatic heterocycles. The number of nitrogens with zero attached hydrogens (tertiary/aromatic N) is 4. The summed E-state index contributed by atoms with van der Waals surface area (Å²) in [5.41, 5.74) is 2.17. The number of carbonyl (C=O) groups excluding carboxylic acids is 1. The molecule has 1 N–H and O–H groups in total. The lowest BCUT2D eigenvalue weighted by Gasteiger charge is -2.14. The molecule has 39 heavy (non-hydrogen) atoms. The number of halogens is 1. The second-order valence-electron chi connectivity index (χ2n) is 8.95. The first kappa shape index (κ1) is 28.0. The van der Waals surface area contributed by atoms with Crippen molar-refractivity contribution >= 4 is 34.2 Å². The molecule has 11 heteroatoms. The third-order valence-corrected chi connectivity index (χ3v) is 6.70. The maximum atomic E-state index is 13.5. The topological polar surface area (TPSA) is 121 Å². The predicted octanol–water partition coefficient (Wildman–Crippen LogP) is 3.86. The minimum atomic E-state index is -0.691. The van der Waals surface area contributed by atoms with Crippen molar-refractivity contribution in [1.82, 2.24) is 19.1 Å². The average Bonchev–Trinajstić information content (AvgIpc) is 2.94. The normalized spacial score (nSPS) is 12.3. The Kier molecular flexibility index (Phi) is 9.12. The third kappa shape index (κ3) is 7.11. The van der Waals surface area contributed by atoms with Crippen LogP contribution in [0.3, 0.4) is 0 Å². The summed E-state index contributed by atoms with van der Waals surface area (Å²) in [7, 11) is 1.26. The molecule has 202 valence electrons.